The summed E-state index contributed by atoms with van der Waals surface area (Å²) >= 11 is 0. The molecule has 0 bridgehead atoms. The first-order valence-corrected chi connectivity index (χ1v) is 5.50. The van der Waals surface area contributed by atoms with Crippen molar-refractivity contribution < 1.29 is 0 Å². The van der Waals surface area contributed by atoms with Crippen LogP contribution in [-0.2, 0) is 0 Å². The highest BCUT2D eigenvalue weighted by Gasteiger charge is 2.01. The molecule has 1 heterocycles. The summed E-state index contributed by atoms with van der Waals surface area (Å²) in [5.41, 5.74) is 3.59. The molecule has 0 spiro atoms. The topological polar surface area (TPSA) is 12.9 Å². The first kappa shape index (κ1) is 9.34. The lowest BCUT2D eigenvalue weighted by Crippen LogP contribution is -1.84. The van der Waals surface area contributed by atoms with Gasteiger partial charge in [-0.05, 0) is 53.9 Å². The number of fused-ring (bicyclic) bond motifs is 2. The Labute approximate surface area is 94.7 Å². The van der Waals surface area contributed by atoms with Crippen LogP contribution in [0.4, 0.5) is 0 Å². The third-order valence-electron chi connectivity index (χ3n) is 3.04. The van der Waals surface area contributed by atoms with E-state index in [1.54, 1.807) is 0 Å². The molecule has 1 heteroatoms. The van der Waals surface area contributed by atoms with E-state index in [1.165, 1.54) is 27.3 Å². The molecule has 16 heavy (non-hydrogen) atoms. The summed E-state index contributed by atoms with van der Waals surface area (Å²) in [5.74, 6) is 0. The van der Waals surface area contributed by atoms with Gasteiger partial charge in [-0.1, -0.05) is 18.2 Å². The largest absolute Gasteiger partial charge is 0.256 e. The molecule has 0 aliphatic rings. The first-order valence-electron chi connectivity index (χ1n) is 5.50. The molecule has 3 aromatic rings. The van der Waals surface area contributed by atoms with E-state index >= 15 is 0 Å². The molecule has 0 saturated heterocycles. The van der Waals surface area contributed by atoms with Crippen LogP contribution in [0.3, 0.4) is 0 Å². The Hall–Kier alpha value is -1.89. The lowest BCUT2D eigenvalue weighted by molar-refractivity contribution is 1.34. The van der Waals surface area contributed by atoms with Crippen LogP contribution in [0, 0.1) is 13.8 Å². The van der Waals surface area contributed by atoms with Crippen LogP contribution in [-0.4, -0.2) is 4.98 Å². The van der Waals surface area contributed by atoms with Crippen molar-refractivity contribution in [3.05, 3.63) is 53.7 Å². The lowest BCUT2D eigenvalue weighted by Gasteiger charge is -2.04. The molecule has 1 aromatic heterocycles. The van der Waals surface area contributed by atoms with Gasteiger partial charge in [0.05, 0.1) is 5.52 Å². The molecular weight excluding hydrogens is 194 g/mol. The molecule has 1 nitrogen and oxygen atoms in total. The number of hydrogen-bond donors (Lipinski definition) is 0. The Kier molecular flexibility index (Phi) is 1.93. The third-order valence-corrected chi connectivity index (χ3v) is 3.04. The zero-order chi connectivity index (χ0) is 11.1. The quantitative estimate of drug-likeness (QED) is 0.508. The zero-order valence-corrected chi connectivity index (χ0v) is 9.49. The van der Waals surface area contributed by atoms with Crippen molar-refractivity contribution in [3.63, 3.8) is 0 Å². The van der Waals surface area contributed by atoms with Gasteiger partial charge in [0, 0.05) is 11.6 Å². The number of rotatable bonds is 0. The van der Waals surface area contributed by atoms with Gasteiger partial charge in [0.1, 0.15) is 0 Å². The number of aromatic nitrogens is 1. The van der Waals surface area contributed by atoms with E-state index in [0.29, 0.717) is 0 Å². The van der Waals surface area contributed by atoms with E-state index in [1.807, 2.05) is 6.20 Å². The smallest absolute Gasteiger partial charge is 0.0708 e. The fraction of sp³-hybridized carbons (Fsp3) is 0.133. The highest BCUT2D eigenvalue weighted by Crippen LogP contribution is 2.24. The Balaban J connectivity index is 2.49. The molecule has 3 rings (SSSR count). The van der Waals surface area contributed by atoms with Crippen LogP contribution in [0.2, 0.25) is 0 Å². The van der Waals surface area contributed by atoms with Crippen LogP contribution in [0.5, 0.6) is 0 Å². The molecule has 0 N–H and O–H groups in total. The van der Waals surface area contributed by atoms with E-state index in [2.05, 4.69) is 55.2 Å². The second kappa shape index (κ2) is 3.31. The summed E-state index contributed by atoms with van der Waals surface area (Å²) in [6.07, 6.45) is 1.92. The van der Waals surface area contributed by atoms with Crippen molar-refractivity contribution >= 4 is 21.7 Å². The maximum atomic E-state index is 4.47. The Morgan fingerprint density at radius 2 is 1.81 bits per heavy atom. The molecule has 0 saturated carbocycles. The van der Waals surface area contributed by atoms with Gasteiger partial charge in [-0.2, -0.15) is 0 Å². The highest BCUT2D eigenvalue weighted by atomic mass is 14.6. The molecule has 0 fully saturated rings. The van der Waals surface area contributed by atoms with E-state index < -0.39 is 0 Å². The van der Waals surface area contributed by atoms with Crippen molar-refractivity contribution in [1.82, 2.24) is 4.98 Å². The second-order valence-corrected chi connectivity index (χ2v) is 4.35. The maximum Gasteiger partial charge on any atom is 0.0708 e. The minimum absolute atomic E-state index is 1.08. The molecular formula is C15H13N. The summed E-state index contributed by atoms with van der Waals surface area (Å²) in [7, 11) is 0. The fourth-order valence-electron chi connectivity index (χ4n) is 2.17. The predicted molar refractivity (Wildman–Crippen MR) is 68.7 cm³/mol. The summed E-state index contributed by atoms with van der Waals surface area (Å²) in [6, 6.07) is 13.0. The molecule has 0 aliphatic heterocycles. The number of nitrogens with zero attached hydrogens (tertiary/aromatic N) is 1. The van der Waals surface area contributed by atoms with Gasteiger partial charge in [-0.3, -0.25) is 4.98 Å². The molecule has 0 radical (unpaired) electrons. The minimum Gasteiger partial charge on any atom is -0.256 e. The Morgan fingerprint density at radius 1 is 0.938 bits per heavy atom. The van der Waals surface area contributed by atoms with Gasteiger partial charge >= 0.3 is 0 Å². The van der Waals surface area contributed by atoms with E-state index in [9.17, 15) is 0 Å². The van der Waals surface area contributed by atoms with Crippen LogP contribution in [0.25, 0.3) is 21.7 Å². The van der Waals surface area contributed by atoms with Crippen LogP contribution in [0.15, 0.2) is 42.6 Å². The average Bonchev–Trinajstić information content (AvgIpc) is 2.27. The molecule has 0 unspecified atom stereocenters. The van der Waals surface area contributed by atoms with E-state index in [0.717, 1.165) is 5.52 Å². The van der Waals surface area contributed by atoms with Crippen molar-refractivity contribution in [3.8, 4) is 0 Å². The van der Waals surface area contributed by atoms with Gasteiger partial charge in [0.15, 0.2) is 0 Å². The maximum absolute atomic E-state index is 4.47. The third kappa shape index (κ3) is 1.36. The van der Waals surface area contributed by atoms with Crippen molar-refractivity contribution in [2.24, 2.45) is 0 Å². The van der Waals surface area contributed by atoms with Crippen molar-refractivity contribution in [2.45, 2.75) is 13.8 Å². The number of aryl methyl sites for hydroxylation is 2. The van der Waals surface area contributed by atoms with Gasteiger partial charge < -0.3 is 0 Å². The van der Waals surface area contributed by atoms with Gasteiger partial charge in [-0.15, -0.1) is 0 Å². The molecule has 0 aliphatic carbocycles. The molecule has 0 atom stereocenters. The van der Waals surface area contributed by atoms with Gasteiger partial charge in [0.25, 0.3) is 0 Å². The lowest BCUT2D eigenvalue weighted by atomic mass is 10.0. The summed E-state index contributed by atoms with van der Waals surface area (Å²) in [5, 5.41) is 3.81. The van der Waals surface area contributed by atoms with E-state index in [-0.39, 0.29) is 0 Å². The fourth-order valence-corrected chi connectivity index (χ4v) is 2.17. The number of hydrogen-bond acceptors (Lipinski definition) is 1. The summed E-state index contributed by atoms with van der Waals surface area (Å²) in [4.78, 5) is 4.47. The normalized spacial score (nSPS) is 11.1. The van der Waals surface area contributed by atoms with Gasteiger partial charge in [-0.25, -0.2) is 0 Å². The Morgan fingerprint density at radius 3 is 2.69 bits per heavy atom. The average molecular weight is 207 g/mol. The molecule has 78 valence electrons. The SMILES string of the molecule is Cc1cnc2cc3c(C)cccc3cc2c1. The zero-order valence-electron chi connectivity index (χ0n) is 9.49. The van der Waals surface area contributed by atoms with Crippen LogP contribution in [0.1, 0.15) is 11.1 Å². The van der Waals surface area contributed by atoms with E-state index in [4.69, 9.17) is 0 Å². The molecule has 2 aromatic carbocycles. The standard InChI is InChI=1S/C15H13N/c1-10-6-13-7-12-5-3-4-11(2)14(12)8-15(13)16-9-10/h3-9H,1-2H3. The van der Waals surface area contributed by atoms with Crippen LogP contribution >= 0.6 is 0 Å². The van der Waals surface area contributed by atoms with Crippen molar-refractivity contribution in [1.29, 1.82) is 0 Å². The molecule has 0 amide bonds. The number of pyridine rings is 1. The summed E-state index contributed by atoms with van der Waals surface area (Å²) in [6.45, 7) is 4.22. The first-order chi connectivity index (χ1) is 7.74. The predicted octanol–water partition coefficient (Wildman–Crippen LogP) is 4.00. The van der Waals surface area contributed by atoms with Gasteiger partial charge in [0.2, 0.25) is 0 Å². The summed E-state index contributed by atoms with van der Waals surface area (Å²) < 4.78 is 0. The second-order valence-electron chi connectivity index (χ2n) is 4.35. The highest BCUT2D eigenvalue weighted by molar-refractivity contribution is 5.98. The Bertz CT molecular complexity index is 683. The minimum atomic E-state index is 1.08. The number of benzene rings is 2. The van der Waals surface area contributed by atoms with Crippen LogP contribution < -0.4 is 0 Å². The van der Waals surface area contributed by atoms with Crippen molar-refractivity contribution in [2.75, 3.05) is 0 Å². The monoisotopic (exact) mass is 207 g/mol.